The molecule has 5 heteroatoms. The molecule has 1 spiro atoms. The van der Waals surface area contributed by atoms with Crippen LogP contribution in [0.5, 0.6) is 5.75 Å². The van der Waals surface area contributed by atoms with Crippen LogP contribution < -0.4 is 4.74 Å². The number of carbonyl (C=O) groups excluding carboxylic acids is 1. The summed E-state index contributed by atoms with van der Waals surface area (Å²) in [6.07, 6.45) is 14.4. The Morgan fingerprint density at radius 3 is 2.57 bits per heavy atom. The second kappa shape index (κ2) is 7.81. The van der Waals surface area contributed by atoms with Gasteiger partial charge < -0.3 is 9.47 Å². The number of ether oxygens (including phenoxy) is 2. The summed E-state index contributed by atoms with van der Waals surface area (Å²) in [4.78, 5) is 21.6. The first-order chi connectivity index (χ1) is 18.0. The quantitative estimate of drug-likeness (QED) is 0.357. The first-order valence-electron chi connectivity index (χ1n) is 14.5. The standard InChI is InChI=1S/C32H38N2O3/c1-3-22-17-32-18-28(34(32)9-7-26(22)32)29(24-6-8-33-27-5-4-23(36-2)13-25(24)27)37-30(35)31-14-19-10-20(15-31)12-21(11-19)16-31/h3-6,8,13,19-22,26,28-29H,1,7,9-12,14-18H2,2H3/t19?,20?,21?,22-,26-,28-,29+,31?,32-/m1/s1. The van der Waals surface area contributed by atoms with E-state index in [0.29, 0.717) is 11.5 Å². The lowest BCUT2D eigenvalue weighted by Gasteiger charge is -2.66. The second-order valence-corrected chi connectivity index (χ2v) is 13.4. The molecule has 0 amide bonds. The van der Waals surface area contributed by atoms with Gasteiger partial charge in [0.05, 0.1) is 24.1 Å². The van der Waals surface area contributed by atoms with Crippen LogP contribution in [0.25, 0.3) is 10.9 Å². The highest BCUT2D eigenvalue weighted by molar-refractivity contribution is 5.85. The number of hydrogen-bond donors (Lipinski definition) is 0. The van der Waals surface area contributed by atoms with Crippen molar-refractivity contribution in [2.24, 2.45) is 35.0 Å². The van der Waals surface area contributed by atoms with E-state index in [-0.39, 0.29) is 23.5 Å². The molecule has 2 saturated heterocycles. The summed E-state index contributed by atoms with van der Waals surface area (Å²) < 4.78 is 12.4. The molecule has 5 saturated carbocycles. The Balaban J connectivity index is 1.16. The van der Waals surface area contributed by atoms with Crippen molar-refractivity contribution in [3.63, 3.8) is 0 Å². The molecule has 0 unspecified atom stereocenters. The predicted octanol–water partition coefficient (Wildman–Crippen LogP) is 6.08. The van der Waals surface area contributed by atoms with Gasteiger partial charge in [-0.15, -0.1) is 6.58 Å². The molecule has 1 aromatic heterocycles. The van der Waals surface area contributed by atoms with Crippen molar-refractivity contribution >= 4 is 16.9 Å². The Hall–Kier alpha value is -2.40. The summed E-state index contributed by atoms with van der Waals surface area (Å²) in [5.41, 5.74) is 2.06. The van der Waals surface area contributed by atoms with Gasteiger partial charge >= 0.3 is 5.97 Å². The molecule has 2 aromatic rings. The second-order valence-electron chi connectivity index (χ2n) is 13.4. The van der Waals surface area contributed by atoms with E-state index < -0.39 is 0 Å². The number of hydrogen-bond acceptors (Lipinski definition) is 5. The summed E-state index contributed by atoms with van der Waals surface area (Å²) in [6, 6.07) is 8.37. The van der Waals surface area contributed by atoms with Gasteiger partial charge in [-0.05, 0) is 118 Å². The van der Waals surface area contributed by atoms with Crippen molar-refractivity contribution in [1.82, 2.24) is 9.88 Å². The van der Waals surface area contributed by atoms with Gasteiger partial charge in [-0.1, -0.05) is 6.08 Å². The third-order valence-corrected chi connectivity index (χ3v) is 11.7. The Morgan fingerprint density at radius 1 is 1.11 bits per heavy atom. The first kappa shape index (κ1) is 22.6. The molecule has 194 valence electrons. The fourth-order valence-electron chi connectivity index (χ4n) is 10.5. The zero-order valence-electron chi connectivity index (χ0n) is 21.9. The third kappa shape index (κ3) is 3.07. The molecule has 5 atom stereocenters. The monoisotopic (exact) mass is 498 g/mol. The van der Waals surface area contributed by atoms with E-state index in [0.717, 1.165) is 78.1 Å². The van der Waals surface area contributed by atoms with E-state index in [4.69, 9.17) is 9.47 Å². The molecule has 5 aliphatic carbocycles. The number of esters is 1. The lowest BCUT2D eigenvalue weighted by molar-refractivity contribution is -0.202. The SMILES string of the molecule is C=C[C@@H]1C[C@]23C[C@H]([C@@H](OC(=O)C45CC6CC(CC(C6)C4)C5)c4ccnc5ccc(OC)cc45)N2CC[C@H]13. The zero-order chi connectivity index (χ0) is 24.9. The lowest BCUT2D eigenvalue weighted by atomic mass is 9.49. The number of aromatic nitrogens is 1. The minimum atomic E-state index is -0.273. The van der Waals surface area contributed by atoms with Crippen molar-refractivity contribution in [3.05, 3.63) is 48.7 Å². The van der Waals surface area contributed by atoms with Gasteiger partial charge in [0.25, 0.3) is 0 Å². The maximum atomic E-state index is 14.2. The number of benzene rings is 1. The summed E-state index contributed by atoms with van der Waals surface area (Å²) in [5, 5.41) is 1.04. The number of pyridine rings is 1. The van der Waals surface area contributed by atoms with E-state index >= 15 is 0 Å². The van der Waals surface area contributed by atoms with Crippen molar-refractivity contribution in [1.29, 1.82) is 0 Å². The molecular weight excluding hydrogens is 460 g/mol. The number of carbonyl (C=O) groups is 1. The van der Waals surface area contributed by atoms with Gasteiger partial charge in [-0.25, -0.2) is 0 Å². The number of rotatable bonds is 6. The zero-order valence-corrected chi connectivity index (χ0v) is 21.9. The highest BCUT2D eigenvalue weighted by Crippen LogP contribution is 2.66. The fraction of sp³-hybridized carbons (Fsp3) is 0.625. The summed E-state index contributed by atoms with van der Waals surface area (Å²) >= 11 is 0. The van der Waals surface area contributed by atoms with E-state index in [2.05, 4.69) is 34.7 Å². The summed E-state index contributed by atoms with van der Waals surface area (Å²) in [7, 11) is 1.70. The lowest BCUT2D eigenvalue weighted by Crippen LogP contribution is -2.72. The van der Waals surface area contributed by atoms with Crippen LogP contribution in [0.4, 0.5) is 0 Å². The minimum absolute atomic E-state index is 0.0822. The highest BCUT2D eigenvalue weighted by atomic mass is 16.5. The molecule has 7 fully saturated rings. The van der Waals surface area contributed by atoms with Crippen molar-refractivity contribution in [2.75, 3.05) is 13.7 Å². The van der Waals surface area contributed by atoms with E-state index in [1.165, 1.54) is 32.1 Å². The maximum absolute atomic E-state index is 14.2. The molecule has 3 heterocycles. The van der Waals surface area contributed by atoms with Gasteiger partial charge in [-0.3, -0.25) is 14.7 Å². The minimum Gasteiger partial charge on any atom is -0.497 e. The third-order valence-electron chi connectivity index (χ3n) is 11.7. The molecule has 5 nitrogen and oxygen atoms in total. The van der Waals surface area contributed by atoms with Crippen LogP contribution in [0.3, 0.4) is 0 Å². The molecule has 37 heavy (non-hydrogen) atoms. The van der Waals surface area contributed by atoms with E-state index in [1.54, 1.807) is 7.11 Å². The Bertz CT molecular complexity index is 1250. The Kier molecular flexibility index (Phi) is 4.77. The highest BCUT2D eigenvalue weighted by Gasteiger charge is 2.69. The van der Waals surface area contributed by atoms with Crippen LogP contribution in [0, 0.1) is 35.0 Å². The molecular formula is C32H38N2O3. The van der Waals surface area contributed by atoms with Crippen LogP contribution in [-0.2, 0) is 9.53 Å². The average molecular weight is 499 g/mol. The van der Waals surface area contributed by atoms with Gasteiger partial charge in [0.1, 0.15) is 11.9 Å². The van der Waals surface area contributed by atoms with Crippen molar-refractivity contribution < 1.29 is 14.3 Å². The number of methoxy groups -OCH3 is 1. The van der Waals surface area contributed by atoms with Crippen LogP contribution >= 0.6 is 0 Å². The fourth-order valence-corrected chi connectivity index (χ4v) is 10.5. The maximum Gasteiger partial charge on any atom is 0.312 e. The van der Waals surface area contributed by atoms with Crippen LogP contribution in [0.2, 0.25) is 0 Å². The van der Waals surface area contributed by atoms with Gasteiger partial charge in [0, 0.05) is 22.7 Å². The average Bonchev–Trinajstić information content (AvgIpc) is 3.08. The van der Waals surface area contributed by atoms with Crippen LogP contribution in [0.15, 0.2) is 43.1 Å². The Morgan fingerprint density at radius 2 is 1.86 bits per heavy atom. The van der Waals surface area contributed by atoms with Gasteiger partial charge in [-0.2, -0.15) is 0 Å². The topological polar surface area (TPSA) is 51.7 Å². The van der Waals surface area contributed by atoms with E-state index in [9.17, 15) is 4.79 Å². The predicted molar refractivity (Wildman–Crippen MR) is 142 cm³/mol. The molecule has 0 N–H and O–H groups in total. The Labute approximate surface area is 219 Å². The van der Waals surface area contributed by atoms with Crippen molar-refractivity contribution in [2.45, 2.75) is 75.5 Å². The number of nitrogens with zero attached hydrogens (tertiary/aromatic N) is 2. The normalized spacial score (nSPS) is 41.9. The molecule has 0 radical (unpaired) electrons. The van der Waals surface area contributed by atoms with Gasteiger partial charge in [0.15, 0.2) is 0 Å². The molecule has 7 aliphatic rings. The summed E-state index contributed by atoms with van der Waals surface area (Å²) in [6.45, 7) is 5.19. The van der Waals surface area contributed by atoms with E-state index in [1.807, 2.05) is 18.3 Å². The first-order valence-corrected chi connectivity index (χ1v) is 14.5. The molecule has 9 rings (SSSR count). The van der Waals surface area contributed by atoms with Crippen LogP contribution in [-0.4, -0.2) is 41.1 Å². The molecule has 1 aromatic carbocycles. The molecule has 4 bridgehead atoms. The number of allylic oxidation sites excluding steroid dienone is 1. The van der Waals surface area contributed by atoms with Crippen molar-refractivity contribution in [3.8, 4) is 5.75 Å². The summed E-state index contributed by atoms with van der Waals surface area (Å²) in [5.74, 6) is 4.42. The smallest absolute Gasteiger partial charge is 0.312 e. The number of fused-ring (bicyclic) bond motifs is 1. The molecule has 2 aliphatic heterocycles. The van der Waals surface area contributed by atoms with Crippen LogP contribution in [0.1, 0.15) is 69.5 Å². The largest absolute Gasteiger partial charge is 0.497 e. The van der Waals surface area contributed by atoms with Gasteiger partial charge in [0.2, 0.25) is 0 Å².